The summed E-state index contributed by atoms with van der Waals surface area (Å²) in [6.07, 6.45) is 3.90. The molecule has 0 bridgehead atoms. The minimum atomic E-state index is 0.404. The Hall–Kier alpha value is -0.0400. The van der Waals surface area contributed by atoms with E-state index in [1.54, 1.807) is 0 Å². The molecule has 1 saturated carbocycles. The second-order valence-corrected chi connectivity index (χ2v) is 2.85. The lowest BCUT2D eigenvalue weighted by molar-refractivity contribution is 0.201. The molecule has 0 aromatic rings. The van der Waals surface area contributed by atoms with Crippen molar-refractivity contribution in [2.24, 2.45) is 11.8 Å². The molecule has 1 rings (SSSR count). The molecule has 1 aliphatic carbocycles. The van der Waals surface area contributed by atoms with Crippen LogP contribution in [0.3, 0.4) is 0 Å². The van der Waals surface area contributed by atoms with Gasteiger partial charge in [-0.3, -0.25) is 0 Å². The molecular weight excluding hydrogens is 100 g/mol. The van der Waals surface area contributed by atoms with Gasteiger partial charge in [0.25, 0.3) is 0 Å². The van der Waals surface area contributed by atoms with Crippen molar-refractivity contribution in [2.45, 2.75) is 26.2 Å². The Morgan fingerprint density at radius 3 is 2.50 bits per heavy atom. The van der Waals surface area contributed by atoms with Crippen molar-refractivity contribution < 1.29 is 5.11 Å². The standard InChI is InChI=1S/C7H14O/c1-6-3-2-4-7(6)5-8/h6-8H,2-5H2,1H3. The Morgan fingerprint density at radius 1 is 1.50 bits per heavy atom. The van der Waals surface area contributed by atoms with Crippen molar-refractivity contribution in [3.63, 3.8) is 0 Å². The van der Waals surface area contributed by atoms with Crippen LogP contribution in [0.2, 0.25) is 0 Å². The van der Waals surface area contributed by atoms with Gasteiger partial charge in [-0.25, -0.2) is 0 Å². The molecule has 1 N–H and O–H groups in total. The first kappa shape index (κ1) is 6.09. The van der Waals surface area contributed by atoms with Gasteiger partial charge in [-0.15, -0.1) is 0 Å². The molecule has 0 aromatic heterocycles. The van der Waals surface area contributed by atoms with E-state index >= 15 is 0 Å². The summed E-state index contributed by atoms with van der Waals surface area (Å²) in [6.45, 7) is 2.63. The van der Waals surface area contributed by atoms with Gasteiger partial charge in [-0.05, 0) is 18.3 Å². The maximum absolute atomic E-state index is 8.74. The monoisotopic (exact) mass is 114 g/mol. The van der Waals surface area contributed by atoms with Crippen LogP contribution < -0.4 is 0 Å². The van der Waals surface area contributed by atoms with Crippen LogP contribution in [0.4, 0.5) is 0 Å². The lowest BCUT2D eigenvalue weighted by atomic mass is 10.00. The zero-order chi connectivity index (χ0) is 5.98. The van der Waals surface area contributed by atoms with Gasteiger partial charge in [0, 0.05) is 6.61 Å². The van der Waals surface area contributed by atoms with Crippen LogP contribution in [0.1, 0.15) is 26.2 Å². The quantitative estimate of drug-likeness (QED) is 0.546. The Morgan fingerprint density at radius 2 is 2.25 bits per heavy atom. The van der Waals surface area contributed by atoms with Crippen LogP contribution in [0.5, 0.6) is 0 Å². The first-order valence-corrected chi connectivity index (χ1v) is 3.45. The normalized spacial score (nSPS) is 38.2. The summed E-state index contributed by atoms with van der Waals surface area (Å²) >= 11 is 0. The Bertz CT molecular complexity index is 70.8. The van der Waals surface area contributed by atoms with Gasteiger partial charge in [-0.1, -0.05) is 19.8 Å². The van der Waals surface area contributed by atoms with E-state index in [0.717, 1.165) is 5.92 Å². The highest BCUT2D eigenvalue weighted by Gasteiger charge is 2.21. The van der Waals surface area contributed by atoms with Crippen LogP contribution in [0, 0.1) is 11.8 Å². The highest BCUT2D eigenvalue weighted by Crippen LogP contribution is 2.30. The maximum Gasteiger partial charge on any atom is 0.0461 e. The molecule has 0 aliphatic heterocycles. The molecule has 8 heavy (non-hydrogen) atoms. The summed E-state index contributed by atoms with van der Waals surface area (Å²) in [6, 6.07) is 0. The first-order chi connectivity index (χ1) is 3.84. The molecular formula is C7H14O. The highest BCUT2D eigenvalue weighted by atomic mass is 16.3. The van der Waals surface area contributed by atoms with E-state index in [9.17, 15) is 0 Å². The summed E-state index contributed by atoms with van der Waals surface area (Å²) in [5, 5.41) is 8.74. The van der Waals surface area contributed by atoms with E-state index in [0.29, 0.717) is 12.5 Å². The molecule has 1 nitrogen and oxygen atoms in total. The van der Waals surface area contributed by atoms with Gasteiger partial charge in [0.15, 0.2) is 0 Å². The molecule has 1 aliphatic rings. The fourth-order valence-electron chi connectivity index (χ4n) is 1.49. The lowest BCUT2D eigenvalue weighted by Crippen LogP contribution is -2.07. The number of hydrogen-bond donors (Lipinski definition) is 1. The zero-order valence-electron chi connectivity index (χ0n) is 5.43. The average molecular weight is 114 g/mol. The third-order valence-corrected chi connectivity index (χ3v) is 2.27. The van der Waals surface area contributed by atoms with Crippen molar-refractivity contribution in [1.82, 2.24) is 0 Å². The molecule has 0 saturated heterocycles. The summed E-state index contributed by atoms with van der Waals surface area (Å²) < 4.78 is 0. The number of aliphatic hydroxyl groups is 1. The largest absolute Gasteiger partial charge is 0.396 e. The fraction of sp³-hybridized carbons (Fsp3) is 1.00. The highest BCUT2D eigenvalue weighted by molar-refractivity contribution is 4.72. The van der Waals surface area contributed by atoms with Crippen molar-refractivity contribution in [2.75, 3.05) is 6.61 Å². The van der Waals surface area contributed by atoms with Crippen LogP contribution in [-0.4, -0.2) is 11.7 Å². The minimum Gasteiger partial charge on any atom is -0.396 e. The van der Waals surface area contributed by atoms with E-state index in [2.05, 4.69) is 6.92 Å². The van der Waals surface area contributed by atoms with Crippen LogP contribution in [0.15, 0.2) is 0 Å². The van der Waals surface area contributed by atoms with E-state index in [-0.39, 0.29) is 0 Å². The Balaban J connectivity index is 2.30. The van der Waals surface area contributed by atoms with Crippen molar-refractivity contribution >= 4 is 0 Å². The third-order valence-electron chi connectivity index (χ3n) is 2.27. The first-order valence-electron chi connectivity index (χ1n) is 3.45. The van der Waals surface area contributed by atoms with Crippen LogP contribution in [0.25, 0.3) is 0 Å². The van der Waals surface area contributed by atoms with Crippen LogP contribution in [-0.2, 0) is 0 Å². The number of hydrogen-bond acceptors (Lipinski definition) is 1. The van der Waals surface area contributed by atoms with Crippen LogP contribution >= 0.6 is 0 Å². The smallest absolute Gasteiger partial charge is 0.0461 e. The second kappa shape index (κ2) is 2.49. The van der Waals surface area contributed by atoms with Crippen molar-refractivity contribution in [1.29, 1.82) is 0 Å². The van der Waals surface area contributed by atoms with Gasteiger partial charge in [-0.2, -0.15) is 0 Å². The molecule has 2 atom stereocenters. The van der Waals surface area contributed by atoms with Crippen molar-refractivity contribution in [3.05, 3.63) is 0 Å². The van der Waals surface area contributed by atoms with Gasteiger partial charge in [0.2, 0.25) is 0 Å². The molecule has 0 spiro atoms. The molecule has 0 heterocycles. The van der Waals surface area contributed by atoms with Gasteiger partial charge in [0.05, 0.1) is 0 Å². The fourth-order valence-corrected chi connectivity index (χ4v) is 1.49. The van der Waals surface area contributed by atoms with E-state index in [1.165, 1.54) is 19.3 Å². The summed E-state index contributed by atoms with van der Waals surface area (Å²) in [5.41, 5.74) is 0. The number of rotatable bonds is 1. The minimum absolute atomic E-state index is 0.404. The summed E-state index contributed by atoms with van der Waals surface area (Å²) in [7, 11) is 0. The topological polar surface area (TPSA) is 20.2 Å². The SMILES string of the molecule is CC1CCCC1CO. The molecule has 0 amide bonds. The van der Waals surface area contributed by atoms with E-state index < -0.39 is 0 Å². The van der Waals surface area contributed by atoms with E-state index in [1.807, 2.05) is 0 Å². The molecule has 0 radical (unpaired) electrons. The van der Waals surface area contributed by atoms with Gasteiger partial charge < -0.3 is 5.11 Å². The van der Waals surface area contributed by atoms with Crippen molar-refractivity contribution in [3.8, 4) is 0 Å². The van der Waals surface area contributed by atoms with Gasteiger partial charge in [0.1, 0.15) is 0 Å². The lowest BCUT2D eigenvalue weighted by Gasteiger charge is -2.09. The molecule has 1 fully saturated rings. The summed E-state index contributed by atoms with van der Waals surface area (Å²) in [4.78, 5) is 0. The summed E-state index contributed by atoms with van der Waals surface area (Å²) in [5.74, 6) is 1.40. The predicted molar refractivity (Wildman–Crippen MR) is 33.6 cm³/mol. The molecule has 0 aromatic carbocycles. The Labute approximate surface area is 50.7 Å². The Kier molecular flexibility index (Phi) is 1.90. The van der Waals surface area contributed by atoms with Gasteiger partial charge >= 0.3 is 0 Å². The molecule has 2 unspecified atom stereocenters. The molecule has 1 heteroatoms. The maximum atomic E-state index is 8.74. The second-order valence-electron chi connectivity index (χ2n) is 2.85. The average Bonchev–Trinajstić information content (AvgIpc) is 2.14. The third kappa shape index (κ3) is 1.03. The predicted octanol–water partition coefficient (Wildman–Crippen LogP) is 1.41. The number of aliphatic hydroxyl groups excluding tert-OH is 1. The zero-order valence-corrected chi connectivity index (χ0v) is 5.43. The van der Waals surface area contributed by atoms with E-state index in [4.69, 9.17) is 5.11 Å². The molecule has 48 valence electrons.